The van der Waals surface area contributed by atoms with E-state index in [1.54, 1.807) is 46.1 Å². The number of nitro benzene ring substituents is 1. The Morgan fingerprint density at radius 3 is 2.28 bits per heavy atom. The highest BCUT2D eigenvalue weighted by atomic mass is 16.6. The van der Waals surface area contributed by atoms with Gasteiger partial charge in [-0.3, -0.25) is 29.3 Å². The van der Waals surface area contributed by atoms with Crippen LogP contribution in [0.15, 0.2) is 24.3 Å². The Kier molecular flexibility index (Phi) is 8.32. The van der Waals surface area contributed by atoms with Crippen LogP contribution in [0, 0.1) is 40.7 Å². The Hall–Kier alpha value is -4.93. The van der Waals surface area contributed by atoms with Crippen molar-refractivity contribution in [2.24, 2.45) is 29.4 Å². The zero-order valence-electron chi connectivity index (χ0n) is 26.3. The molecule has 3 amide bonds. The van der Waals surface area contributed by atoms with Gasteiger partial charge in [0, 0.05) is 37.8 Å². The number of likely N-dealkylation sites (N-methyl/N-ethyl adjacent to an activating group) is 1. The fourth-order valence-electron chi connectivity index (χ4n) is 7.54. The Morgan fingerprint density at radius 2 is 1.70 bits per heavy atom. The number of aromatic hydroxyl groups is 1. The summed E-state index contributed by atoms with van der Waals surface area (Å²) in [5.74, 6) is -10.7. The molecule has 2 fully saturated rings. The van der Waals surface area contributed by atoms with Gasteiger partial charge in [0.2, 0.25) is 5.91 Å². The van der Waals surface area contributed by atoms with Crippen LogP contribution in [-0.4, -0.2) is 100 Å². The highest BCUT2D eigenvalue weighted by Gasteiger charge is 2.69. The summed E-state index contributed by atoms with van der Waals surface area (Å²) in [7, 11) is 6.44. The Balaban J connectivity index is 1.56. The van der Waals surface area contributed by atoms with Gasteiger partial charge in [0.25, 0.3) is 5.69 Å². The first kappa shape index (κ1) is 33.4. The number of primary amides is 1. The summed E-state index contributed by atoms with van der Waals surface area (Å²) in [6.45, 7) is 1.65. The van der Waals surface area contributed by atoms with Crippen LogP contribution in [-0.2, 0) is 20.8 Å². The van der Waals surface area contributed by atoms with E-state index in [2.05, 4.69) is 10.6 Å². The van der Waals surface area contributed by atoms with Crippen molar-refractivity contribution in [2.45, 2.75) is 37.5 Å². The van der Waals surface area contributed by atoms with Gasteiger partial charge in [-0.05, 0) is 63.0 Å². The maximum absolute atomic E-state index is 14.2. The molecule has 3 aliphatic carbocycles. The molecule has 0 saturated heterocycles. The number of aliphatic hydroxyl groups excluding tert-OH is 1. The number of urea groups is 1. The van der Waals surface area contributed by atoms with Gasteiger partial charge in [0.1, 0.15) is 17.4 Å². The molecule has 0 radical (unpaired) electrons. The van der Waals surface area contributed by atoms with Crippen LogP contribution < -0.4 is 21.3 Å². The molecule has 5 rings (SSSR count). The number of ketones is 3. The highest BCUT2D eigenvalue weighted by Crippen LogP contribution is 2.53. The van der Waals surface area contributed by atoms with Crippen molar-refractivity contribution < 1.29 is 44.2 Å². The van der Waals surface area contributed by atoms with Crippen molar-refractivity contribution in [1.82, 2.24) is 4.90 Å². The average molecular weight is 653 g/mol. The molecule has 0 heterocycles. The molecule has 2 saturated carbocycles. The van der Waals surface area contributed by atoms with Gasteiger partial charge >= 0.3 is 6.03 Å². The number of hydrogen-bond donors (Lipinski definition) is 6. The standard InChI is InChI=1S/C31H36N6O10/c1-12-6-7-16(19(8-12)37(46)47)33-30(44)34-17-11-18(35(2)3)14-9-13-10-15-23(36(4)5)26(40)22(29(32)43)28(42)31(15,45)27(41)20(13)25(39)21(14)24(17)38/h6-8,11,13,15,20,22-23,26,38,40,45H,9-10H2,1-5H3,(H2,32,43)(H2,33,34,44)/t13-,15-,20?,22?,23-,26?,31-/m1/s1. The monoisotopic (exact) mass is 652 g/mol. The summed E-state index contributed by atoms with van der Waals surface area (Å²) < 4.78 is 0. The number of rotatable bonds is 6. The number of nitro groups is 1. The van der Waals surface area contributed by atoms with E-state index in [0.717, 1.165) is 0 Å². The molecule has 47 heavy (non-hydrogen) atoms. The molecular formula is C31H36N6O10. The fourth-order valence-corrected chi connectivity index (χ4v) is 7.54. The first-order chi connectivity index (χ1) is 21.9. The minimum absolute atomic E-state index is 0.0524. The lowest BCUT2D eigenvalue weighted by Gasteiger charge is -2.55. The normalized spacial score (nSPS) is 28.2. The van der Waals surface area contributed by atoms with Gasteiger partial charge in [-0.15, -0.1) is 0 Å². The summed E-state index contributed by atoms with van der Waals surface area (Å²) in [6, 6.07) is 3.59. The number of nitrogens with one attached hydrogen (secondary N) is 2. The lowest BCUT2D eigenvalue weighted by Crippen LogP contribution is -2.75. The predicted molar refractivity (Wildman–Crippen MR) is 167 cm³/mol. The first-order valence-electron chi connectivity index (χ1n) is 14.8. The minimum atomic E-state index is -2.82. The molecule has 3 aliphatic rings. The van der Waals surface area contributed by atoms with Crippen LogP contribution in [0.1, 0.15) is 27.9 Å². The zero-order valence-corrected chi connectivity index (χ0v) is 26.3. The van der Waals surface area contributed by atoms with Gasteiger partial charge in [0.05, 0.1) is 28.2 Å². The van der Waals surface area contributed by atoms with Crippen LogP contribution >= 0.6 is 0 Å². The number of nitrogens with zero attached hydrogens (tertiary/aromatic N) is 3. The number of carbonyl (C=O) groups is 5. The third kappa shape index (κ3) is 5.17. The number of hydrogen-bond acceptors (Lipinski definition) is 12. The summed E-state index contributed by atoms with van der Waals surface area (Å²) in [5, 5.41) is 50.5. The summed E-state index contributed by atoms with van der Waals surface area (Å²) in [6.07, 6.45) is -1.61. The molecule has 7 atom stereocenters. The number of aliphatic hydroxyl groups is 2. The van der Waals surface area contributed by atoms with E-state index in [1.165, 1.54) is 23.1 Å². The molecule has 0 spiro atoms. The van der Waals surface area contributed by atoms with Crippen molar-refractivity contribution in [1.29, 1.82) is 0 Å². The third-order valence-electron chi connectivity index (χ3n) is 9.59. The zero-order chi connectivity index (χ0) is 34.9. The van der Waals surface area contributed by atoms with Crippen LogP contribution in [0.2, 0.25) is 0 Å². The van der Waals surface area contributed by atoms with Gasteiger partial charge in [-0.2, -0.15) is 0 Å². The molecule has 16 nitrogen and oxygen atoms in total. The maximum Gasteiger partial charge on any atom is 0.323 e. The fraction of sp³-hybridized carbons (Fsp3) is 0.452. The molecule has 0 bridgehead atoms. The molecule has 7 N–H and O–H groups in total. The molecule has 2 aromatic carbocycles. The number of aryl methyl sites for hydroxylation is 1. The lowest BCUT2D eigenvalue weighted by molar-refractivity contribution is -0.384. The van der Waals surface area contributed by atoms with E-state index in [4.69, 9.17) is 5.73 Å². The topological polar surface area (TPSA) is 246 Å². The molecule has 2 aromatic rings. The largest absolute Gasteiger partial charge is 0.505 e. The number of anilines is 3. The van der Waals surface area contributed by atoms with Crippen LogP contribution in [0.3, 0.4) is 0 Å². The molecule has 250 valence electrons. The van der Waals surface area contributed by atoms with Crippen molar-refractivity contribution in [2.75, 3.05) is 43.7 Å². The van der Waals surface area contributed by atoms with E-state index in [1.807, 2.05) is 0 Å². The van der Waals surface area contributed by atoms with E-state index in [-0.39, 0.29) is 35.5 Å². The van der Waals surface area contributed by atoms with Crippen LogP contribution in [0.25, 0.3) is 0 Å². The number of phenols is 1. The van der Waals surface area contributed by atoms with Crippen molar-refractivity contribution in [3.63, 3.8) is 0 Å². The van der Waals surface area contributed by atoms with Gasteiger partial charge in [-0.25, -0.2) is 4.79 Å². The van der Waals surface area contributed by atoms with Gasteiger partial charge in [-0.1, -0.05) is 6.07 Å². The van der Waals surface area contributed by atoms with E-state index in [0.29, 0.717) is 16.8 Å². The van der Waals surface area contributed by atoms with Crippen molar-refractivity contribution in [3.8, 4) is 5.75 Å². The number of phenolic OH excluding ortho intramolecular Hbond substituents is 1. The Labute approximate surface area is 268 Å². The van der Waals surface area contributed by atoms with Crippen LogP contribution in [0.5, 0.6) is 5.75 Å². The number of fused-ring (bicyclic) bond motifs is 3. The number of Topliss-reactive ketones (excluding diaryl/α,β-unsaturated/α-hetero) is 3. The number of amides is 3. The second-order valence-corrected chi connectivity index (χ2v) is 12.9. The molecular weight excluding hydrogens is 616 g/mol. The van der Waals surface area contributed by atoms with Crippen molar-refractivity contribution >= 4 is 52.0 Å². The third-order valence-corrected chi connectivity index (χ3v) is 9.59. The second kappa shape index (κ2) is 11.7. The summed E-state index contributed by atoms with van der Waals surface area (Å²) >= 11 is 0. The molecule has 3 unspecified atom stereocenters. The van der Waals surface area contributed by atoms with Gasteiger partial charge in [0.15, 0.2) is 23.0 Å². The number of benzene rings is 2. The van der Waals surface area contributed by atoms with Crippen LogP contribution in [0.4, 0.5) is 27.5 Å². The predicted octanol–water partition coefficient (Wildman–Crippen LogP) is 0.585. The van der Waals surface area contributed by atoms with Crippen molar-refractivity contribution in [3.05, 3.63) is 51.1 Å². The SMILES string of the molecule is Cc1ccc(NC(=O)Nc2cc(N(C)C)c3c(c2O)C(=O)C2C(=O)[C@@]4(O)C(=O)C(C(N)=O)C(O)[C@H](N(C)C)[C@H]4C[C@H]2C3)c([N+](=O)[O-])c1. The molecule has 0 aliphatic heterocycles. The van der Waals surface area contributed by atoms with E-state index < -0.39 is 81.4 Å². The average Bonchev–Trinajstić information content (AvgIpc) is 2.96. The highest BCUT2D eigenvalue weighted by molar-refractivity contribution is 6.26. The van der Waals surface area contributed by atoms with E-state index in [9.17, 15) is 49.4 Å². The molecule has 0 aromatic heterocycles. The maximum atomic E-state index is 14.2. The summed E-state index contributed by atoms with van der Waals surface area (Å²) in [4.78, 5) is 81.1. The Morgan fingerprint density at radius 1 is 1.06 bits per heavy atom. The second-order valence-electron chi connectivity index (χ2n) is 12.9. The first-order valence-corrected chi connectivity index (χ1v) is 14.8. The molecule has 16 heteroatoms. The lowest BCUT2D eigenvalue weighted by atomic mass is 9.52. The summed E-state index contributed by atoms with van der Waals surface area (Å²) in [5.41, 5.74) is 2.92. The van der Waals surface area contributed by atoms with E-state index >= 15 is 0 Å². The minimum Gasteiger partial charge on any atom is -0.505 e. The smallest absolute Gasteiger partial charge is 0.323 e. The number of nitrogens with two attached hydrogens (primary N) is 1. The Bertz CT molecular complexity index is 1740. The quantitative estimate of drug-likeness (QED) is 0.109. The number of carbonyl (C=O) groups excluding carboxylic acids is 5. The van der Waals surface area contributed by atoms with Gasteiger partial charge < -0.3 is 41.5 Å².